The quantitative estimate of drug-likeness (QED) is 0.623. The molecule has 0 aliphatic carbocycles. The Morgan fingerprint density at radius 3 is 2.54 bits per heavy atom. The summed E-state index contributed by atoms with van der Waals surface area (Å²) in [6.45, 7) is 0. The molecule has 0 N–H and O–H groups in total. The summed E-state index contributed by atoms with van der Waals surface area (Å²) in [6.07, 6.45) is 8.20. The maximum absolute atomic E-state index is 4.08. The van der Waals surface area contributed by atoms with Gasteiger partial charge in [0, 0.05) is 12.4 Å². The van der Waals surface area contributed by atoms with Crippen molar-refractivity contribution in [2.45, 2.75) is 0 Å². The second-order valence-corrected chi connectivity index (χ2v) is 2.37. The number of hydrogen-bond donors (Lipinski definition) is 0. The molecule has 0 saturated heterocycles. The number of aromatic nitrogens is 4. The Labute approximate surface area is 74.8 Å². The lowest BCUT2D eigenvalue weighted by molar-refractivity contribution is 0.878. The first-order valence-corrected chi connectivity index (χ1v) is 3.74. The van der Waals surface area contributed by atoms with Gasteiger partial charge in [0.2, 0.25) is 0 Å². The molecule has 0 radical (unpaired) electrons. The van der Waals surface area contributed by atoms with Crippen LogP contribution in [0.15, 0.2) is 42.3 Å². The van der Waals surface area contributed by atoms with Crippen LogP contribution in [0.5, 0.6) is 0 Å². The fourth-order valence-electron chi connectivity index (χ4n) is 0.838. The normalized spacial score (nSPS) is 10.8. The van der Waals surface area contributed by atoms with E-state index in [-0.39, 0.29) is 0 Å². The van der Waals surface area contributed by atoms with Crippen LogP contribution in [-0.2, 0) is 0 Å². The zero-order chi connectivity index (χ0) is 8.93. The number of hydrogen-bond acceptors (Lipinski definition) is 4. The van der Waals surface area contributed by atoms with Gasteiger partial charge in [0.25, 0.3) is 0 Å². The third-order valence-electron chi connectivity index (χ3n) is 1.45. The van der Waals surface area contributed by atoms with Gasteiger partial charge < -0.3 is 0 Å². The Bertz CT molecular complexity index is 378. The van der Waals surface area contributed by atoms with Crippen molar-refractivity contribution in [2.24, 2.45) is 5.10 Å². The lowest BCUT2D eigenvalue weighted by Crippen LogP contribution is -1.86. The monoisotopic (exact) mass is 173 g/mol. The highest BCUT2D eigenvalue weighted by molar-refractivity contribution is 5.78. The van der Waals surface area contributed by atoms with E-state index in [0.717, 1.165) is 5.56 Å². The third-order valence-corrected chi connectivity index (χ3v) is 1.45. The number of nitrogens with zero attached hydrogens (tertiary/aromatic N) is 5. The molecule has 0 aliphatic rings. The van der Waals surface area contributed by atoms with Gasteiger partial charge in [0.05, 0.1) is 6.21 Å². The van der Waals surface area contributed by atoms with E-state index in [9.17, 15) is 0 Å². The van der Waals surface area contributed by atoms with Crippen molar-refractivity contribution < 1.29 is 0 Å². The lowest BCUT2D eigenvalue weighted by atomic mass is 10.3. The molecule has 0 spiro atoms. The molecule has 0 aromatic carbocycles. The van der Waals surface area contributed by atoms with Crippen LogP contribution >= 0.6 is 0 Å². The highest BCUT2D eigenvalue weighted by Crippen LogP contribution is 1.91. The van der Waals surface area contributed by atoms with E-state index in [0.29, 0.717) is 0 Å². The molecule has 2 rings (SSSR count). The molecule has 0 bridgehead atoms. The van der Waals surface area contributed by atoms with E-state index < -0.39 is 0 Å². The van der Waals surface area contributed by atoms with Crippen molar-refractivity contribution in [3.8, 4) is 0 Å². The second kappa shape index (κ2) is 3.57. The van der Waals surface area contributed by atoms with Crippen LogP contribution in [0.4, 0.5) is 0 Å². The first-order chi connectivity index (χ1) is 6.45. The van der Waals surface area contributed by atoms with E-state index in [1.54, 1.807) is 18.6 Å². The smallest absolute Gasteiger partial charge is 0.141 e. The topological polar surface area (TPSA) is 56.0 Å². The first-order valence-electron chi connectivity index (χ1n) is 3.74. The molecule has 5 nitrogen and oxygen atoms in total. The predicted octanol–water partition coefficient (Wildman–Crippen LogP) is 0.555. The van der Waals surface area contributed by atoms with Crippen LogP contribution < -0.4 is 0 Å². The Balaban J connectivity index is 2.15. The van der Waals surface area contributed by atoms with Gasteiger partial charge >= 0.3 is 0 Å². The fraction of sp³-hybridized carbons (Fsp3) is 0. The van der Waals surface area contributed by atoms with Crippen LogP contribution in [0, 0.1) is 0 Å². The summed E-state index contributed by atoms with van der Waals surface area (Å²) in [5.41, 5.74) is 0.990. The summed E-state index contributed by atoms with van der Waals surface area (Å²) in [6, 6.07) is 3.74. The summed E-state index contributed by atoms with van der Waals surface area (Å²) in [5, 5.41) is 11.3. The maximum atomic E-state index is 4.08. The highest BCUT2D eigenvalue weighted by Gasteiger charge is 1.85. The SMILES string of the molecule is C(=N/n1cnnc1)/c1ccncc1. The van der Waals surface area contributed by atoms with Crippen LogP contribution in [0.1, 0.15) is 5.56 Å². The van der Waals surface area contributed by atoms with Crippen molar-refractivity contribution in [3.05, 3.63) is 42.7 Å². The van der Waals surface area contributed by atoms with Crippen molar-refractivity contribution in [2.75, 3.05) is 0 Å². The first kappa shape index (κ1) is 7.60. The van der Waals surface area contributed by atoms with Crippen LogP contribution in [-0.4, -0.2) is 26.1 Å². The predicted molar refractivity (Wildman–Crippen MR) is 47.3 cm³/mol. The lowest BCUT2D eigenvalue weighted by Gasteiger charge is -1.90. The number of pyridine rings is 1. The largest absolute Gasteiger partial charge is 0.265 e. The minimum absolute atomic E-state index is 0.990. The minimum atomic E-state index is 0.990. The Morgan fingerprint density at radius 1 is 1.15 bits per heavy atom. The highest BCUT2D eigenvalue weighted by atomic mass is 15.4. The molecule has 0 aliphatic heterocycles. The standard InChI is InChI=1S/C8H7N5/c1-3-9-4-2-8(1)5-12-13-6-10-11-7-13/h1-7H/b12-5-. The molecule has 2 aromatic heterocycles. The van der Waals surface area contributed by atoms with E-state index in [1.165, 1.54) is 17.3 Å². The zero-order valence-electron chi connectivity index (χ0n) is 6.78. The minimum Gasteiger partial charge on any atom is -0.265 e. The molecule has 13 heavy (non-hydrogen) atoms. The molecular weight excluding hydrogens is 166 g/mol. The van der Waals surface area contributed by atoms with Crippen LogP contribution in [0.3, 0.4) is 0 Å². The Kier molecular flexibility index (Phi) is 2.09. The summed E-state index contributed by atoms with van der Waals surface area (Å²) < 4.78 is 1.53. The summed E-state index contributed by atoms with van der Waals surface area (Å²) >= 11 is 0. The molecule has 0 atom stereocenters. The Morgan fingerprint density at radius 2 is 1.85 bits per heavy atom. The fourth-order valence-corrected chi connectivity index (χ4v) is 0.838. The van der Waals surface area contributed by atoms with Crippen molar-refractivity contribution in [3.63, 3.8) is 0 Å². The van der Waals surface area contributed by atoms with Gasteiger partial charge in [-0.1, -0.05) is 0 Å². The van der Waals surface area contributed by atoms with Gasteiger partial charge in [-0.25, -0.2) is 4.68 Å². The molecule has 5 heteroatoms. The van der Waals surface area contributed by atoms with E-state index >= 15 is 0 Å². The van der Waals surface area contributed by atoms with E-state index in [4.69, 9.17) is 0 Å². The molecule has 0 unspecified atom stereocenters. The van der Waals surface area contributed by atoms with Gasteiger partial charge in [0.1, 0.15) is 12.7 Å². The van der Waals surface area contributed by atoms with Crippen molar-refractivity contribution >= 4 is 6.21 Å². The van der Waals surface area contributed by atoms with Crippen LogP contribution in [0.2, 0.25) is 0 Å². The van der Waals surface area contributed by atoms with Crippen molar-refractivity contribution in [1.29, 1.82) is 0 Å². The number of rotatable bonds is 2. The van der Waals surface area contributed by atoms with Gasteiger partial charge in [-0.2, -0.15) is 5.10 Å². The average Bonchev–Trinajstić information content (AvgIpc) is 2.69. The molecule has 64 valence electrons. The average molecular weight is 173 g/mol. The molecule has 0 saturated carbocycles. The van der Waals surface area contributed by atoms with Gasteiger partial charge in [-0.05, 0) is 17.7 Å². The van der Waals surface area contributed by atoms with Gasteiger partial charge in [-0.3, -0.25) is 4.98 Å². The van der Waals surface area contributed by atoms with E-state index in [2.05, 4.69) is 20.3 Å². The zero-order valence-corrected chi connectivity index (χ0v) is 6.78. The van der Waals surface area contributed by atoms with Crippen LogP contribution in [0.25, 0.3) is 0 Å². The molecule has 0 amide bonds. The van der Waals surface area contributed by atoms with E-state index in [1.807, 2.05) is 12.1 Å². The molecule has 2 aromatic rings. The third kappa shape index (κ3) is 1.96. The van der Waals surface area contributed by atoms with Gasteiger partial charge in [0.15, 0.2) is 0 Å². The summed E-state index contributed by atoms with van der Waals surface area (Å²) in [4.78, 5) is 3.90. The Hall–Kier alpha value is -2.04. The van der Waals surface area contributed by atoms with Crippen molar-refractivity contribution in [1.82, 2.24) is 19.9 Å². The molecular formula is C8H7N5. The molecule has 0 fully saturated rings. The molecule has 2 heterocycles. The van der Waals surface area contributed by atoms with Gasteiger partial charge in [-0.15, -0.1) is 10.2 Å². The summed E-state index contributed by atoms with van der Waals surface area (Å²) in [7, 11) is 0. The summed E-state index contributed by atoms with van der Waals surface area (Å²) in [5.74, 6) is 0. The second-order valence-electron chi connectivity index (χ2n) is 2.37. The maximum Gasteiger partial charge on any atom is 0.141 e.